The van der Waals surface area contributed by atoms with Gasteiger partial charge in [0.15, 0.2) is 0 Å². The van der Waals surface area contributed by atoms with E-state index in [9.17, 15) is 35.5 Å². The van der Waals surface area contributed by atoms with Crippen molar-refractivity contribution in [1.29, 1.82) is 0 Å². The average molecular weight is 458 g/mol. The van der Waals surface area contributed by atoms with Crippen LogP contribution in [0.4, 0.5) is 0 Å². The second-order valence-electron chi connectivity index (χ2n) is 6.56. The number of nitrogens with one attached hydrogen (secondary N) is 2. The first-order valence-electron chi connectivity index (χ1n) is 7.09. The molecule has 0 aromatic carbocycles. The summed E-state index contributed by atoms with van der Waals surface area (Å²) in [4.78, 5) is 21.6. The van der Waals surface area contributed by atoms with Gasteiger partial charge in [0, 0.05) is 11.1 Å². The van der Waals surface area contributed by atoms with Crippen LogP contribution in [0.3, 0.4) is 0 Å². The van der Waals surface area contributed by atoms with E-state index in [0.29, 0.717) is 0 Å². The van der Waals surface area contributed by atoms with E-state index >= 15 is 0 Å². The molecule has 0 aliphatic rings. The van der Waals surface area contributed by atoms with Crippen LogP contribution in [-0.2, 0) is 29.8 Å². The fourth-order valence-corrected chi connectivity index (χ4v) is 3.64. The molecule has 152 valence electrons. The standard InChI is InChI=1S/2C7H13NO4S.2Na/c2*1-4-6(9)8-7(2,3)5-13(10,11)12;;/h2*4H,1,5H2,2-3H3,(H,8,9)(H,10,11,12);;/q;;2*+1/p-2. The van der Waals surface area contributed by atoms with E-state index in [1.807, 2.05) is 0 Å². The van der Waals surface area contributed by atoms with Crippen LogP contribution in [0, 0.1) is 0 Å². The monoisotopic (exact) mass is 458 g/mol. The molecule has 0 aliphatic carbocycles. The molecule has 0 radical (unpaired) electrons. The Morgan fingerprint density at radius 3 is 1.14 bits per heavy atom. The van der Waals surface area contributed by atoms with Gasteiger partial charge < -0.3 is 19.7 Å². The Hall–Kier alpha value is 0.240. The van der Waals surface area contributed by atoms with Gasteiger partial charge in [0.1, 0.15) is 0 Å². The molecule has 0 spiro atoms. The van der Waals surface area contributed by atoms with Crippen molar-refractivity contribution in [2.45, 2.75) is 38.8 Å². The Balaban J connectivity index is -0.000000192. The minimum absolute atomic E-state index is 0. The molecule has 0 aromatic heterocycles. The zero-order valence-corrected chi connectivity index (χ0v) is 22.7. The molecule has 0 aromatic rings. The molecule has 14 heteroatoms. The predicted molar refractivity (Wildman–Crippen MR) is 94.0 cm³/mol. The fraction of sp³-hybridized carbons (Fsp3) is 0.571. The average Bonchev–Trinajstić information content (AvgIpc) is 2.31. The number of carbonyl (C=O) groups excluding carboxylic acids is 2. The number of hydrogen-bond acceptors (Lipinski definition) is 8. The van der Waals surface area contributed by atoms with Crippen LogP contribution in [-0.4, -0.2) is 60.3 Å². The summed E-state index contributed by atoms with van der Waals surface area (Å²) in [6.45, 7) is 12.2. The van der Waals surface area contributed by atoms with Gasteiger partial charge in [0.05, 0.1) is 31.7 Å². The molecule has 0 heterocycles. The first-order valence-corrected chi connectivity index (χ1v) is 10.2. The summed E-state index contributed by atoms with van der Waals surface area (Å²) in [6, 6.07) is 0. The molecule has 0 rings (SSSR count). The molecule has 0 bridgehead atoms. The Labute approximate surface area is 211 Å². The molecule has 0 saturated heterocycles. The van der Waals surface area contributed by atoms with Crippen molar-refractivity contribution in [2.24, 2.45) is 0 Å². The predicted octanol–water partition coefficient (Wildman–Crippen LogP) is -6.77. The van der Waals surface area contributed by atoms with Crippen LogP contribution in [0.5, 0.6) is 0 Å². The summed E-state index contributed by atoms with van der Waals surface area (Å²) in [5.41, 5.74) is -2.13. The third-order valence-corrected chi connectivity index (χ3v) is 4.52. The van der Waals surface area contributed by atoms with Crippen LogP contribution in [0.15, 0.2) is 25.3 Å². The van der Waals surface area contributed by atoms with Gasteiger partial charge in [-0.2, -0.15) is 0 Å². The van der Waals surface area contributed by atoms with E-state index in [0.717, 1.165) is 12.2 Å². The maximum Gasteiger partial charge on any atom is 1.00 e. The number of carbonyl (C=O) groups is 2. The molecule has 28 heavy (non-hydrogen) atoms. The molecular weight excluding hydrogens is 434 g/mol. The molecule has 0 unspecified atom stereocenters. The van der Waals surface area contributed by atoms with Crippen LogP contribution < -0.4 is 69.7 Å². The molecule has 2 N–H and O–H groups in total. The zero-order valence-electron chi connectivity index (χ0n) is 17.1. The summed E-state index contributed by atoms with van der Waals surface area (Å²) in [5.74, 6) is -2.29. The summed E-state index contributed by atoms with van der Waals surface area (Å²) in [7, 11) is -8.67. The zero-order chi connectivity index (χ0) is 21.4. The normalized spacial score (nSPS) is 11.4. The van der Waals surface area contributed by atoms with Gasteiger partial charge in [0.2, 0.25) is 11.8 Å². The molecule has 0 atom stereocenters. The minimum atomic E-state index is -4.33. The summed E-state index contributed by atoms with van der Waals surface area (Å²) >= 11 is 0. The molecule has 0 aliphatic heterocycles. The topological polar surface area (TPSA) is 173 Å². The van der Waals surface area contributed by atoms with Crippen molar-refractivity contribution in [3.05, 3.63) is 25.3 Å². The number of rotatable bonds is 8. The van der Waals surface area contributed by atoms with Crippen molar-refractivity contribution in [2.75, 3.05) is 11.5 Å². The molecular formula is C14H24N2Na2O8S2. The van der Waals surface area contributed by atoms with E-state index in [2.05, 4.69) is 23.8 Å². The van der Waals surface area contributed by atoms with Gasteiger partial charge in [-0.15, -0.1) is 0 Å². The number of hydrogen-bond donors (Lipinski definition) is 2. The van der Waals surface area contributed by atoms with E-state index in [4.69, 9.17) is 0 Å². The second-order valence-corrected chi connectivity index (χ2v) is 9.37. The maximum atomic E-state index is 10.8. The first kappa shape index (κ1) is 35.7. The van der Waals surface area contributed by atoms with E-state index < -0.39 is 54.6 Å². The summed E-state index contributed by atoms with van der Waals surface area (Å²) < 4.78 is 62.3. The van der Waals surface area contributed by atoms with E-state index in [-0.39, 0.29) is 59.1 Å². The third kappa shape index (κ3) is 24.3. The Morgan fingerprint density at radius 1 is 0.786 bits per heavy atom. The van der Waals surface area contributed by atoms with Crippen molar-refractivity contribution < 1.29 is 94.6 Å². The van der Waals surface area contributed by atoms with E-state index in [1.165, 1.54) is 27.7 Å². The number of amides is 2. The van der Waals surface area contributed by atoms with Crippen molar-refractivity contribution in [3.63, 3.8) is 0 Å². The minimum Gasteiger partial charge on any atom is -0.748 e. The fourth-order valence-electron chi connectivity index (χ4n) is 1.73. The van der Waals surface area contributed by atoms with Crippen molar-refractivity contribution in [1.82, 2.24) is 10.6 Å². The van der Waals surface area contributed by atoms with Crippen LogP contribution in [0.2, 0.25) is 0 Å². The van der Waals surface area contributed by atoms with Crippen LogP contribution in [0.25, 0.3) is 0 Å². The van der Waals surface area contributed by atoms with Gasteiger partial charge >= 0.3 is 59.1 Å². The maximum absolute atomic E-state index is 10.8. The Bertz CT molecular complexity index is 683. The van der Waals surface area contributed by atoms with E-state index in [1.54, 1.807) is 0 Å². The molecule has 2 amide bonds. The molecule has 10 nitrogen and oxygen atoms in total. The largest absolute Gasteiger partial charge is 1.00 e. The van der Waals surface area contributed by atoms with Crippen molar-refractivity contribution in [3.8, 4) is 0 Å². The van der Waals surface area contributed by atoms with Gasteiger partial charge in [0.25, 0.3) is 0 Å². The SMILES string of the molecule is C=CC(=O)NC(C)(C)CS(=O)(=O)[O-].C=CC(=O)NC(C)(C)CS(=O)(=O)[O-].[Na+].[Na+]. The second kappa shape index (κ2) is 14.3. The third-order valence-electron chi connectivity index (χ3n) is 2.37. The smallest absolute Gasteiger partial charge is 0.748 e. The van der Waals surface area contributed by atoms with Crippen LogP contribution >= 0.6 is 0 Å². The van der Waals surface area contributed by atoms with Gasteiger partial charge in [-0.3, -0.25) is 9.59 Å². The summed E-state index contributed by atoms with van der Waals surface area (Å²) in [6.07, 6.45) is 2.03. The molecule has 0 fully saturated rings. The van der Waals surface area contributed by atoms with Crippen LogP contribution in [0.1, 0.15) is 27.7 Å². The Morgan fingerprint density at radius 2 is 1.00 bits per heavy atom. The van der Waals surface area contributed by atoms with Crippen molar-refractivity contribution >= 4 is 32.1 Å². The first-order chi connectivity index (χ1) is 11.3. The Kier molecular flexibility index (Phi) is 18.2. The van der Waals surface area contributed by atoms with Gasteiger partial charge in [-0.1, -0.05) is 13.2 Å². The summed E-state index contributed by atoms with van der Waals surface area (Å²) in [5, 5.41) is 4.65. The van der Waals surface area contributed by atoms with Gasteiger partial charge in [-0.25, -0.2) is 16.8 Å². The molecule has 0 saturated carbocycles. The van der Waals surface area contributed by atoms with Gasteiger partial charge in [-0.05, 0) is 39.8 Å². The quantitative estimate of drug-likeness (QED) is 0.205.